The van der Waals surface area contributed by atoms with Gasteiger partial charge in [-0.05, 0) is 32.4 Å². The Labute approximate surface area is 100 Å². The second kappa shape index (κ2) is 6.28. The van der Waals surface area contributed by atoms with Gasteiger partial charge in [-0.3, -0.25) is 4.68 Å². The van der Waals surface area contributed by atoms with Gasteiger partial charge in [-0.2, -0.15) is 5.10 Å². The van der Waals surface area contributed by atoms with Crippen molar-refractivity contribution in [3.63, 3.8) is 0 Å². The molecule has 1 aromatic heterocycles. The summed E-state index contributed by atoms with van der Waals surface area (Å²) >= 11 is 3.62. The maximum absolute atomic E-state index is 4.31. The number of aromatic nitrogens is 2. The second-order valence-corrected chi connectivity index (χ2v) is 5.17. The molecule has 0 aliphatic heterocycles. The van der Waals surface area contributed by atoms with Crippen molar-refractivity contribution in [1.29, 1.82) is 0 Å². The predicted octanol–water partition coefficient (Wildman–Crippen LogP) is 2.38. The van der Waals surface area contributed by atoms with E-state index >= 15 is 0 Å². The van der Waals surface area contributed by atoms with Crippen LogP contribution in [0.3, 0.4) is 0 Å². The molecule has 15 heavy (non-hydrogen) atoms. The van der Waals surface area contributed by atoms with E-state index in [1.807, 2.05) is 18.7 Å². The Morgan fingerprint density at radius 3 is 2.87 bits per heavy atom. The molecule has 1 rings (SSSR count). The van der Waals surface area contributed by atoms with Crippen LogP contribution in [0.4, 0.5) is 0 Å². The van der Waals surface area contributed by atoms with E-state index in [1.165, 1.54) is 18.5 Å². The quantitative estimate of drug-likeness (QED) is 0.637. The molecule has 3 nitrogen and oxygen atoms in total. The summed E-state index contributed by atoms with van der Waals surface area (Å²) in [5, 5.41) is 7.74. The third-order valence-corrected chi connectivity index (χ3v) is 3.59. The summed E-state index contributed by atoms with van der Waals surface area (Å²) in [6.45, 7) is 6.17. The average Bonchev–Trinajstić information content (AvgIpc) is 2.52. The molecule has 1 aromatic rings. The molecule has 4 heteroatoms. The van der Waals surface area contributed by atoms with Crippen LogP contribution in [0.2, 0.25) is 0 Å². The molecule has 0 spiro atoms. The molecule has 86 valence electrons. The Morgan fingerprint density at radius 1 is 1.60 bits per heavy atom. The lowest BCUT2D eigenvalue weighted by molar-refractivity contribution is 0.596. The highest BCUT2D eigenvalue weighted by Crippen LogP contribution is 2.08. The number of aryl methyl sites for hydroxylation is 2. The minimum atomic E-state index is 0.637. The molecule has 1 atom stereocenters. The minimum absolute atomic E-state index is 0.637. The van der Waals surface area contributed by atoms with E-state index < -0.39 is 0 Å². The summed E-state index contributed by atoms with van der Waals surface area (Å²) in [7, 11) is 1.99. The van der Waals surface area contributed by atoms with Gasteiger partial charge < -0.3 is 5.32 Å². The molecule has 1 N–H and O–H groups in total. The number of halogens is 1. The summed E-state index contributed by atoms with van der Waals surface area (Å²) in [5.74, 6) is 0. The SMILES string of the molecule is CCC(Br)CCNCc1cc(C)nn1C. The molecule has 0 bridgehead atoms. The molecule has 0 aliphatic carbocycles. The van der Waals surface area contributed by atoms with E-state index in [1.54, 1.807) is 0 Å². The van der Waals surface area contributed by atoms with Crippen LogP contribution in [0.1, 0.15) is 31.2 Å². The Morgan fingerprint density at radius 2 is 2.33 bits per heavy atom. The summed E-state index contributed by atoms with van der Waals surface area (Å²) in [4.78, 5) is 0.637. The van der Waals surface area contributed by atoms with Crippen LogP contribution in [0.25, 0.3) is 0 Å². The van der Waals surface area contributed by atoms with Crippen molar-refractivity contribution in [3.8, 4) is 0 Å². The van der Waals surface area contributed by atoms with Crippen LogP contribution in [-0.4, -0.2) is 21.2 Å². The van der Waals surface area contributed by atoms with E-state index in [9.17, 15) is 0 Å². The molecule has 0 radical (unpaired) electrons. The molecular weight excluding hydrogens is 254 g/mol. The summed E-state index contributed by atoms with van der Waals surface area (Å²) in [6.07, 6.45) is 2.36. The van der Waals surface area contributed by atoms with Gasteiger partial charge in [-0.25, -0.2) is 0 Å². The molecule has 0 aromatic carbocycles. The van der Waals surface area contributed by atoms with Crippen molar-refractivity contribution in [3.05, 3.63) is 17.5 Å². The van der Waals surface area contributed by atoms with Crippen LogP contribution in [0.5, 0.6) is 0 Å². The largest absolute Gasteiger partial charge is 0.311 e. The lowest BCUT2D eigenvalue weighted by atomic mass is 10.2. The van der Waals surface area contributed by atoms with E-state index in [0.29, 0.717) is 4.83 Å². The predicted molar refractivity (Wildman–Crippen MR) is 67.3 cm³/mol. The van der Waals surface area contributed by atoms with Crippen molar-refractivity contribution in [2.45, 2.75) is 38.1 Å². The van der Waals surface area contributed by atoms with E-state index in [4.69, 9.17) is 0 Å². The fraction of sp³-hybridized carbons (Fsp3) is 0.727. The lowest BCUT2D eigenvalue weighted by Crippen LogP contribution is -2.19. The smallest absolute Gasteiger partial charge is 0.0597 e. The van der Waals surface area contributed by atoms with Crippen LogP contribution >= 0.6 is 15.9 Å². The number of nitrogens with zero attached hydrogens (tertiary/aromatic N) is 2. The van der Waals surface area contributed by atoms with Gasteiger partial charge in [0.2, 0.25) is 0 Å². The first kappa shape index (κ1) is 12.7. The molecule has 0 saturated carbocycles. The van der Waals surface area contributed by atoms with E-state index in [-0.39, 0.29) is 0 Å². The Hall–Kier alpha value is -0.350. The number of hydrogen-bond acceptors (Lipinski definition) is 2. The summed E-state index contributed by atoms with van der Waals surface area (Å²) in [6, 6.07) is 2.12. The molecule has 0 fully saturated rings. The first-order valence-electron chi connectivity index (χ1n) is 5.47. The Bertz CT molecular complexity index is 296. The van der Waals surface area contributed by atoms with Crippen molar-refractivity contribution >= 4 is 15.9 Å². The number of nitrogens with one attached hydrogen (secondary N) is 1. The third kappa shape index (κ3) is 4.34. The molecule has 0 amide bonds. The highest BCUT2D eigenvalue weighted by atomic mass is 79.9. The van der Waals surface area contributed by atoms with Gasteiger partial charge in [0, 0.05) is 18.4 Å². The minimum Gasteiger partial charge on any atom is -0.311 e. The average molecular weight is 274 g/mol. The molecule has 0 aliphatic rings. The zero-order chi connectivity index (χ0) is 11.3. The maximum atomic E-state index is 4.31. The van der Waals surface area contributed by atoms with Gasteiger partial charge in [0.15, 0.2) is 0 Å². The lowest BCUT2D eigenvalue weighted by Gasteiger charge is -2.08. The Balaban J connectivity index is 2.23. The molecule has 0 saturated heterocycles. The third-order valence-electron chi connectivity index (χ3n) is 2.48. The van der Waals surface area contributed by atoms with Crippen molar-refractivity contribution in [2.24, 2.45) is 7.05 Å². The van der Waals surface area contributed by atoms with Gasteiger partial charge in [0.05, 0.1) is 11.4 Å². The number of hydrogen-bond donors (Lipinski definition) is 1. The zero-order valence-electron chi connectivity index (χ0n) is 9.76. The van der Waals surface area contributed by atoms with Crippen LogP contribution < -0.4 is 5.32 Å². The number of alkyl halides is 1. The first-order chi connectivity index (χ1) is 7.13. The fourth-order valence-corrected chi connectivity index (χ4v) is 1.74. The molecule has 1 unspecified atom stereocenters. The van der Waals surface area contributed by atoms with Crippen molar-refractivity contribution < 1.29 is 0 Å². The monoisotopic (exact) mass is 273 g/mol. The number of rotatable bonds is 6. The van der Waals surface area contributed by atoms with Gasteiger partial charge >= 0.3 is 0 Å². The first-order valence-corrected chi connectivity index (χ1v) is 6.39. The fourth-order valence-electron chi connectivity index (χ4n) is 1.51. The maximum Gasteiger partial charge on any atom is 0.0597 e. The molecular formula is C11H20BrN3. The standard InChI is InChI=1S/C11H20BrN3/c1-4-10(12)5-6-13-8-11-7-9(2)14-15(11)3/h7,10,13H,4-6,8H2,1-3H3. The zero-order valence-corrected chi connectivity index (χ0v) is 11.3. The second-order valence-electron chi connectivity index (χ2n) is 3.87. The Kier molecular flexibility index (Phi) is 5.32. The van der Waals surface area contributed by atoms with Gasteiger partial charge in [0.25, 0.3) is 0 Å². The summed E-state index contributed by atoms with van der Waals surface area (Å²) in [5.41, 5.74) is 2.33. The van der Waals surface area contributed by atoms with Gasteiger partial charge in [-0.1, -0.05) is 22.9 Å². The summed E-state index contributed by atoms with van der Waals surface area (Å²) < 4.78 is 1.94. The van der Waals surface area contributed by atoms with Gasteiger partial charge in [-0.15, -0.1) is 0 Å². The van der Waals surface area contributed by atoms with Crippen LogP contribution in [0.15, 0.2) is 6.07 Å². The highest BCUT2D eigenvalue weighted by Gasteiger charge is 2.02. The normalized spacial score (nSPS) is 13.1. The van der Waals surface area contributed by atoms with Crippen LogP contribution in [-0.2, 0) is 13.6 Å². The van der Waals surface area contributed by atoms with E-state index in [0.717, 1.165) is 18.8 Å². The topological polar surface area (TPSA) is 29.9 Å². The van der Waals surface area contributed by atoms with E-state index in [2.05, 4.69) is 39.3 Å². The van der Waals surface area contributed by atoms with Crippen molar-refractivity contribution in [1.82, 2.24) is 15.1 Å². The van der Waals surface area contributed by atoms with Crippen LogP contribution in [0, 0.1) is 6.92 Å². The molecule has 1 heterocycles. The highest BCUT2D eigenvalue weighted by molar-refractivity contribution is 9.09. The van der Waals surface area contributed by atoms with Crippen molar-refractivity contribution in [2.75, 3.05) is 6.54 Å². The van der Waals surface area contributed by atoms with Gasteiger partial charge in [0.1, 0.15) is 0 Å².